The fraction of sp³-hybridized carbons (Fsp3) is 1.00. The third kappa shape index (κ3) is 3.93. The van der Waals surface area contributed by atoms with Crippen LogP contribution in [0.1, 0.15) is 52.4 Å². The lowest BCUT2D eigenvalue weighted by Crippen LogP contribution is -2.48. The van der Waals surface area contributed by atoms with Gasteiger partial charge in [-0.2, -0.15) is 4.31 Å². The molecule has 108 valence electrons. The van der Waals surface area contributed by atoms with E-state index < -0.39 is 10.0 Å². The highest BCUT2D eigenvalue weighted by atomic mass is 32.2. The van der Waals surface area contributed by atoms with Gasteiger partial charge in [0.05, 0.1) is 5.75 Å². The van der Waals surface area contributed by atoms with Crippen LogP contribution in [0.15, 0.2) is 0 Å². The molecule has 5 heteroatoms. The summed E-state index contributed by atoms with van der Waals surface area (Å²) in [4.78, 5) is 0. The summed E-state index contributed by atoms with van der Waals surface area (Å²) in [5.74, 6) is 0.626. The summed E-state index contributed by atoms with van der Waals surface area (Å²) >= 11 is 0. The van der Waals surface area contributed by atoms with E-state index in [4.69, 9.17) is 5.73 Å². The number of sulfonamides is 1. The molecular formula is C13H28N2O2S. The van der Waals surface area contributed by atoms with Crippen molar-refractivity contribution >= 4 is 10.0 Å². The van der Waals surface area contributed by atoms with Crippen LogP contribution in [-0.2, 0) is 10.0 Å². The largest absolute Gasteiger partial charge is 0.330 e. The van der Waals surface area contributed by atoms with Crippen LogP contribution in [0.3, 0.4) is 0 Å². The maximum Gasteiger partial charge on any atom is 0.214 e. The summed E-state index contributed by atoms with van der Waals surface area (Å²) in [5.41, 5.74) is 5.81. The molecule has 0 spiro atoms. The Balaban J connectivity index is 2.80. The van der Waals surface area contributed by atoms with Gasteiger partial charge in [-0.1, -0.05) is 33.1 Å². The maximum atomic E-state index is 12.4. The van der Waals surface area contributed by atoms with E-state index in [1.807, 2.05) is 13.8 Å². The van der Waals surface area contributed by atoms with Crippen LogP contribution in [-0.4, -0.2) is 37.6 Å². The van der Waals surface area contributed by atoms with Crippen molar-refractivity contribution in [2.75, 3.05) is 18.8 Å². The Morgan fingerprint density at radius 2 is 1.89 bits per heavy atom. The summed E-state index contributed by atoms with van der Waals surface area (Å²) in [6.07, 6.45) is 6.02. The first kappa shape index (κ1) is 15.9. The zero-order valence-corrected chi connectivity index (χ0v) is 12.6. The Morgan fingerprint density at radius 3 is 2.44 bits per heavy atom. The normalized spacial score (nSPS) is 25.6. The maximum absolute atomic E-state index is 12.4. The fourth-order valence-electron chi connectivity index (χ4n) is 2.92. The Bertz CT molecular complexity index is 330. The van der Waals surface area contributed by atoms with Crippen molar-refractivity contribution in [2.24, 2.45) is 11.7 Å². The topological polar surface area (TPSA) is 63.4 Å². The number of hydrogen-bond acceptors (Lipinski definition) is 3. The lowest BCUT2D eigenvalue weighted by molar-refractivity contribution is 0.187. The molecule has 0 aliphatic heterocycles. The van der Waals surface area contributed by atoms with Gasteiger partial charge in [0.15, 0.2) is 0 Å². The van der Waals surface area contributed by atoms with Gasteiger partial charge < -0.3 is 5.73 Å². The second-order valence-corrected chi connectivity index (χ2v) is 7.26. The second kappa shape index (κ2) is 7.46. The van der Waals surface area contributed by atoms with Crippen molar-refractivity contribution in [3.63, 3.8) is 0 Å². The van der Waals surface area contributed by atoms with Gasteiger partial charge in [-0.3, -0.25) is 0 Å². The van der Waals surface area contributed by atoms with Crippen molar-refractivity contribution in [1.82, 2.24) is 4.31 Å². The molecule has 0 radical (unpaired) electrons. The van der Waals surface area contributed by atoms with Gasteiger partial charge >= 0.3 is 0 Å². The van der Waals surface area contributed by atoms with E-state index in [2.05, 4.69) is 0 Å². The van der Waals surface area contributed by atoms with Crippen molar-refractivity contribution in [3.05, 3.63) is 0 Å². The van der Waals surface area contributed by atoms with E-state index in [1.54, 1.807) is 4.31 Å². The van der Waals surface area contributed by atoms with Gasteiger partial charge in [-0.25, -0.2) is 8.42 Å². The molecule has 0 aromatic heterocycles. The molecule has 1 rings (SSSR count). The predicted octanol–water partition coefficient (Wildman–Crippen LogP) is 1.96. The molecule has 2 unspecified atom stereocenters. The quantitative estimate of drug-likeness (QED) is 0.773. The minimum atomic E-state index is -3.10. The van der Waals surface area contributed by atoms with Crippen molar-refractivity contribution in [1.29, 1.82) is 0 Å². The molecule has 1 aliphatic carbocycles. The molecule has 0 amide bonds. The average Bonchev–Trinajstić information content (AvgIpc) is 2.37. The van der Waals surface area contributed by atoms with Gasteiger partial charge in [-0.05, 0) is 31.7 Å². The second-order valence-electron chi connectivity index (χ2n) is 5.22. The zero-order valence-electron chi connectivity index (χ0n) is 11.8. The smallest absolute Gasteiger partial charge is 0.214 e. The molecule has 0 aromatic carbocycles. The molecule has 0 aromatic rings. The first-order chi connectivity index (χ1) is 8.56. The van der Waals surface area contributed by atoms with Crippen LogP contribution in [0.25, 0.3) is 0 Å². The summed E-state index contributed by atoms with van der Waals surface area (Å²) in [6.45, 7) is 5.14. The van der Waals surface area contributed by atoms with Crippen LogP contribution >= 0.6 is 0 Å². The Kier molecular flexibility index (Phi) is 6.60. The summed E-state index contributed by atoms with van der Waals surface area (Å²) in [7, 11) is -3.10. The third-order valence-electron chi connectivity index (χ3n) is 3.97. The van der Waals surface area contributed by atoms with E-state index in [-0.39, 0.29) is 11.8 Å². The molecule has 1 saturated carbocycles. The van der Waals surface area contributed by atoms with Crippen molar-refractivity contribution in [2.45, 2.75) is 58.4 Å². The SMILES string of the molecule is CCCCS(=O)(=O)N(CC)C1CCCCC1CN. The molecule has 2 atom stereocenters. The van der Waals surface area contributed by atoms with Crippen LogP contribution in [0.5, 0.6) is 0 Å². The summed E-state index contributed by atoms with van der Waals surface area (Å²) in [6, 6.07) is 0.135. The highest BCUT2D eigenvalue weighted by Gasteiger charge is 2.34. The predicted molar refractivity (Wildman–Crippen MR) is 75.9 cm³/mol. The number of rotatable bonds is 7. The lowest BCUT2D eigenvalue weighted by atomic mass is 9.84. The van der Waals surface area contributed by atoms with E-state index in [1.165, 1.54) is 6.42 Å². The molecular weight excluding hydrogens is 248 g/mol. The Morgan fingerprint density at radius 1 is 1.22 bits per heavy atom. The van der Waals surface area contributed by atoms with E-state index in [0.29, 0.717) is 19.0 Å². The first-order valence-electron chi connectivity index (χ1n) is 7.26. The highest BCUT2D eigenvalue weighted by Crippen LogP contribution is 2.29. The number of nitrogens with zero attached hydrogens (tertiary/aromatic N) is 1. The molecule has 0 saturated heterocycles. The van der Waals surface area contributed by atoms with Gasteiger partial charge in [0.1, 0.15) is 0 Å². The lowest BCUT2D eigenvalue weighted by Gasteiger charge is -2.38. The zero-order chi connectivity index (χ0) is 13.6. The van der Waals surface area contributed by atoms with Crippen molar-refractivity contribution < 1.29 is 8.42 Å². The van der Waals surface area contributed by atoms with Crippen LogP contribution in [0.2, 0.25) is 0 Å². The minimum Gasteiger partial charge on any atom is -0.330 e. The van der Waals surface area contributed by atoms with Crippen LogP contribution < -0.4 is 5.73 Å². The molecule has 1 fully saturated rings. The number of hydrogen-bond donors (Lipinski definition) is 1. The highest BCUT2D eigenvalue weighted by molar-refractivity contribution is 7.89. The van der Waals surface area contributed by atoms with E-state index in [0.717, 1.165) is 32.1 Å². The first-order valence-corrected chi connectivity index (χ1v) is 8.87. The molecule has 4 nitrogen and oxygen atoms in total. The summed E-state index contributed by atoms with van der Waals surface area (Å²) < 4.78 is 26.5. The standard InChI is InChI=1S/C13H28N2O2S/c1-3-5-10-18(16,17)15(4-2)13-9-7-6-8-12(13)11-14/h12-13H,3-11,14H2,1-2H3. The molecule has 2 N–H and O–H groups in total. The van der Waals surface area contributed by atoms with Crippen LogP contribution in [0, 0.1) is 5.92 Å². The Hall–Kier alpha value is -0.130. The summed E-state index contributed by atoms with van der Waals surface area (Å²) in [5, 5.41) is 0. The van der Waals surface area contributed by atoms with Crippen LogP contribution in [0.4, 0.5) is 0 Å². The fourth-order valence-corrected chi connectivity index (χ4v) is 4.90. The number of unbranched alkanes of at least 4 members (excludes halogenated alkanes) is 1. The molecule has 18 heavy (non-hydrogen) atoms. The molecule has 0 bridgehead atoms. The van der Waals surface area contributed by atoms with E-state index in [9.17, 15) is 8.42 Å². The molecule has 1 aliphatic rings. The number of nitrogens with two attached hydrogens (primary N) is 1. The third-order valence-corrected chi connectivity index (χ3v) is 6.01. The average molecular weight is 276 g/mol. The van der Waals surface area contributed by atoms with Gasteiger partial charge in [-0.15, -0.1) is 0 Å². The Labute approximate surface area is 112 Å². The van der Waals surface area contributed by atoms with E-state index >= 15 is 0 Å². The van der Waals surface area contributed by atoms with Gasteiger partial charge in [0.25, 0.3) is 0 Å². The van der Waals surface area contributed by atoms with Gasteiger partial charge in [0.2, 0.25) is 10.0 Å². The minimum absolute atomic E-state index is 0.135. The van der Waals surface area contributed by atoms with Gasteiger partial charge in [0, 0.05) is 12.6 Å². The monoisotopic (exact) mass is 276 g/mol. The van der Waals surface area contributed by atoms with Crippen molar-refractivity contribution in [3.8, 4) is 0 Å². The molecule has 0 heterocycles.